The summed E-state index contributed by atoms with van der Waals surface area (Å²) in [5, 5.41) is 8.90. The fraction of sp³-hybridized carbons (Fsp3) is 0.0769. The predicted octanol–water partition coefficient (Wildman–Crippen LogP) is 4.00. The number of halogens is 4. The maximum absolute atomic E-state index is 12.4. The van der Waals surface area contributed by atoms with Crippen LogP contribution in [0.2, 0.25) is 5.02 Å². The van der Waals surface area contributed by atoms with Crippen molar-refractivity contribution in [1.29, 1.82) is 0 Å². The molecular weight excluding hydrogens is 311 g/mol. The Labute approximate surface area is 121 Å². The number of rotatable bonds is 3. The lowest BCUT2D eigenvalue weighted by molar-refractivity contribution is -0.274. The van der Waals surface area contributed by atoms with Crippen molar-refractivity contribution in [1.82, 2.24) is 4.98 Å². The Hall–Kier alpha value is -2.28. The van der Waals surface area contributed by atoms with E-state index in [1.807, 2.05) is 0 Å². The predicted molar refractivity (Wildman–Crippen MR) is 68.3 cm³/mol. The molecule has 21 heavy (non-hydrogen) atoms. The second-order valence-electron chi connectivity index (χ2n) is 3.88. The summed E-state index contributed by atoms with van der Waals surface area (Å²) in [6.45, 7) is 0. The van der Waals surface area contributed by atoms with Gasteiger partial charge in [-0.3, -0.25) is 0 Å². The molecule has 4 nitrogen and oxygen atoms in total. The molecule has 0 fully saturated rings. The third-order valence-corrected chi connectivity index (χ3v) is 2.74. The molecule has 1 heterocycles. The summed E-state index contributed by atoms with van der Waals surface area (Å²) in [5.74, 6) is -1.83. The molecule has 0 atom stereocenters. The van der Waals surface area contributed by atoms with Crippen molar-refractivity contribution in [2.24, 2.45) is 0 Å². The minimum atomic E-state index is -4.88. The highest BCUT2D eigenvalue weighted by Crippen LogP contribution is 2.36. The quantitative estimate of drug-likeness (QED) is 0.929. The molecule has 0 saturated carbocycles. The number of ether oxygens (including phenoxy) is 1. The number of hydrogen-bond donors (Lipinski definition) is 1. The maximum Gasteiger partial charge on any atom is 0.573 e. The number of aromatic nitrogens is 1. The molecule has 8 heteroatoms. The summed E-state index contributed by atoms with van der Waals surface area (Å²) in [4.78, 5) is 14.6. The van der Waals surface area contributed by atoms with E-state index in [4.69, 9.17) is 16.7 Å². The first-order chi connectivity index (χ1) is 9.78. The average molecular weight is 318 g/mol. The fourth-order valence-electron chi connectivity index (χ4n) is 1.63. The van der Waals surface area contributed by atoms with Crippen LogP contribution in [0.4, 0.5) is 13.2 Å². The van der Waals surface area contributed by atoms with Gasteiger partial charge in [-0.2, -0.15) is 0 Å². The molecule has 0 aliphatic rings. The first-order valence-corrected chi connectivity index (χ1v) is 5.91. The topological polar surface area (TPSA) is 59.4 Å². The van der Waals surface area contributed by atoms with E-state index < -0.39 is 18.1 Å². The highest BCUT2D eigenvalue weighted by atomic mass is 35.5. The van der Waals surface area contributed by atoms with Crippen molar-refractivity contribution in [3.63, 3.8) is 0 Å². The van der Waals surface area contributed by atoms with E-state index in [0.29, 0.717) is 0 Å². The van der Waals surface area contributed by atoms with Gasteiger partial charge in [-0.1, -0.05) is 23.7 Å². The number of alkyl halides is 3. The minimum Gasteiger partial charge on any atom is -0.477 e. The fourth-order valence-corrected chi connectivity index (χ4v) is 1.83. The van der Waals surface area contributed by atoms with Gasteiger partial charge in [0.2, 0.25) is 0 Å². The smallest absolute Gasteiger partial charge is 0.477 e. The Morgan fingerprint density at radius 3 is 2.48 bits per heavy atom. The summed E-state index contributed by atoms with van der Waals surface area (Å²) in [7, 11) is 0. The molecule has 2 rings (SSSR count). The van der Waals surface area contributed by atoms with E-state index >= 15 is 0 Å². The summed E-state index contributed by atoms with van der Waals surface area (Å²) in [5.41, 5.74) is -0.490. The number of nitrogens with zero attached hydrogens (tertiary/aromatic N) is 1. The van der Waals surface area contributed by atoms with Gasteiger partial charge >= 0.3 is 12.3 Å². The third-order valence-electron chi connectivity index (χ3n) is 2.43. The van der Waals surface area contributed by atoms with Crippen LogP contribution >= 0.6 is 11.6 Å². The molecule has 0 amide bonds. The molecule has 0 bridgehead atoms. The summed E-state index contributed by atoms with van der Waals surface area (Å²) < 4.78 is 41.0. The second-order valence-corrected chi connectivity index (χ2v) is 4.28. The Balaban J connectivity index is 2.56. The standard InChI is InChI=1S/C13H7ClF3NO3/c14-8-5-6-9(12(19)20)18-11(8)7-3-1-2-4-10(7)21-13(15,16)17/h1-6H,(H,19,20). The Bertz CT molecular complexity index is 689. The first-order valence-electron chi connectivity index (χ1n) is 5.53. The van der Waals surface area contributed by atoms with E-state index in [9.17, 15) is 18.0 Å². The molecule has 0 spiro atoms. The molecule has 110 valence electrons. The Morgan fingerprint density at radius 1 is 1.19 bits per heavy atom. The lowest BCUT2D eigenvalue weighted by Crippen LogP contribution is -2.17. The number of pyridine rings is 1. The highest BCUT2D eigenvalue weighted by molar-refractivity contribution is 6.33. The number of para-hydroxylation sites is 1. The van der Waals surface area contributed by atoms with E-state index in [0.717, 1.165) is 12.1 Å². The number of aromatic carboxylic acids is 1. The van der Waals surface area contributed by atoms with Crippen LogP contribution in [0.15, 0.2) is 36.4 Å². The summed E-state index contributed by atoms with van der Waals surface area (Å²) in [6, 6.07) is 7.61. The number of hydrogen-bond acceptors (Lipinski definition) is 3. The first kappa shape index (κ1) is 15.1. The normalized spacial score (nSPS) is 11.2. The average Bonchev–Trinajstić information content (AvgIpc) is 2.38. The SMILES string of the molecule is O=C(O)c1ccc(Cl)c(-c2ccccc2OC(F)(F)F)n1. The van der Waals surface area contributed by atoms with Crippen molar-refractivity contribution in [2.45, 2.75) is 6.36 Å². The molecule has 1 aromatic carbocycles. The van der Waals surface area contributed by atoms with Crippen LogP contribution in [0.25, 0.3) is 11.3 Å². The van der Waals surface area contributed by atoms with Crippen LogP contribution < -0.4 is 4.74 Å². The molecule has 0 aliphatic heterocycles. The van der Waals surface area contributed by atoms with Crippen molar-refractivity contribution in [2.75, 3.05) is 0 Å². The van der Waals surface area contributed by atoms with Gasteiger partial charge in [-0.05, 0) is 24.3 Å². The molecule has 0 unspecified atom stereocenters. The zero-order valence-corrected chi connectivity index (χ0v) is 10.9. The molecule has 1 aromatic heterocycles. The summed E-state index contributed by atoms with van der Waals surface area (Å²) >= 11 is 5.89. The second kappa shape index (κ2) is 5.61. The lowest BCUT2D eigenvalue weighted by atomic mass is 10.1. The van der Waals surface area contributed by atoms with Gasteiger partial charge in [0.15, 0.2) is 0 Å². The van der Waals surface area contributed by atoms with E-state index in [1.54, 1.807) is 0 Å². The van der Waals surface area contributed by atoms with Gasteiger partial charge in [-0.25, -0.2) is 9.78 Å². The maximum atomic E-state index is 12.4. The van der Waals surface area contributed by atoms with Gasteiger partial charge in [0.1, 0.15) is 11.4 Å². The van der Waals surface area contributed by atoms with E-state index in [-0.39, 0.29) is 22.0 Å². The van der Waals surface area contributed by atoms with Gasteiger partial charge in [-0.15, -0.1) is 13.2 Å². The van der Waals surface area contributed by atoms with Gasteiger partial charge in [0.05, 0.1) is 10.7 Å². The number of carbonyl (C=O) groups is 1. The monoisotopic (exact) mass is 317 g/mol. The molecular formula is C13H7ClF3NO3. The van der Waals surface area contributed by atoms with Gasteiger partial charge in [0, 0.05) is 5.56 Å². The van der Waals surface area contributed by atoms with Crippen LogP contribution in [0, 0.1) is 0 Å². The van der Waals surface area contributed by atoms with Gasteiger partial charge < -0.3 is 9.84 Å². The Kier molecular flexibility index (Phi) is 4.04. The van der Waals surface area contributed by atoms with Crippen LogP contribution in [0.5, 0.6) is 5.75 Å². The number of carboxylic acids is 1. The molecule has 0 radical (unpaired) electrons. The Morgan fingerprint density at radius 2 is 1.86 bits per heavy atom. The van der Waals surface area contributed by atoms with Crippen LogP contribution in [-0.2, 0) is 0 Å². The molecule has 2 aromatic rings. The third kappa shape index (κ3) is 3.63. The van der Waals surface area contributed by atoms with E-state index in [2.05, 4.69) is 9.72 Å². The van der Waals surface area contributed by atoms with Crippen molar-refractivity contribution >= 4 is 17.6 Å². The van der Waals surface area contributed by atoms with Crippen LogP contribution in [0.1, 0.15) is 10.5 Å². The van der Waals surface area contributed by atoms with Crippen molar-refractivity contribution in [3.05, 3.63) is 47.1 Å². The van der Waals surface area contributed by atoms with Crippen LogP contribution in [0.3, 0.4) is 0 Å². The van der Waals surface area contributed by atoms with Crippen LogP contribution in [-0.4, -0.2) is 22.4 Å². The minimum absolute atomic E-state index is 0.0122. The zero-order valence-electron chi connectivity index (χ0n) is 10.2. The molecule has 1 N–H and O–H groups in total. The lowest BCUT2D eigenvalue weighted by Gasteiger charge is -2.13. The zero-order chi connectivity index (χ0) is 15.6. The number of carboxylic acid groups (broad SMARTS) is 1. The van der Waals surface area contributed by atoms with Crippen molar-refractivity contribution < 1.29 is 27.8 Å². The highest BCUT2D eigenvalue weighted by Gasteiger charge is 2.32. The summed E-state index contributed by atoms with van der Waals surface area (Å²) in [6.07, 6.45) is -4.88. The molecule has 0 aliphatic carbocycles. The van der Waals surface area contributed by atoms with Gasteiger partial charge in [0.25, 0.3) is 0 Å². The molecule has 0 saturated heterocycles. The largest absolute Gasteiger partial charge is 0.573 e. The van der Waals surface area contributed by atoms with E-state index in [1.165, 1.54) is 24.3 Å². The number of benzene rings is 1. The van der Waals surface area contributed by atoms with Crippen molar-refractivity contribution in [3.8, 4) is 17.0 Å².